The zero-order chi connectivity index (χ0) is 16.3. The third-order valence-electron chi connectivity index (χ3n) is 3.83. The fraction of sp³-hybridized carbons (Fsp3) is 0.429. The van der Waals surface area contributed by atoms with Gasteiger partial charge < -0.3 is 15.8 Å². The predicted octanol–water partition coefficient (Wildman–Crippen LogP) is 1.12. The second-order valence-corrected chi connectivity index (χ2v) is 5.16. The van der Waals surface area contributed by atoms with Crippen molar-refractivity contribution in [3.05, 3.63) is 35.1 Å². The number of nitrogens with one attached hydrogen (secondary N) is 1. The maximum Gasteiger partial charge on any atom is 0.257 e. The van der Waals surface area contributed by atoms with Gasteiger partial charge in [-0.25, -0.2) is 13.2 Å². The number of nitrogens with two attached hydrogens (primary N) is 1. The van der Waals surface area contributed by atoms with E-state index in [-0.39, 0.29) is 19.4 Å². The molecule has 120 valence electrons. The summed E-state index contributed by atoms with van der Waals surface area (Å²) in [5.41, 5.74) is 3.30. The molecule has 2 amide bonds. The number of halogens is 3. The van der Waals surface area contributed by atoms with E-state index in [4.69, 9.17) is 10.5 Å². The van der Waals surface area contributed by atoms with Crippen LogP contribution < -0.4 is 11.1 Å². The Balaban J connectivity index is 2.15. The largest absolute Gasteiger partial charge is 0.381 e. The number of hydrogen-bond donors (Lipinski definition) is 2. The fourth-order valence-electron chi connectivity index (χ4n) is 2.35. The maximum atomic E-state index is 13.5. The smallest absolute Gasteiger partial charge is 0.257 e. The lowest BCUT2D eigenvalue weighted by molar-refractivity contribution is -0.132. The first-order valence-electron chi connectivity index (χ1n) is 6.67. The van der Waals surface area contributed by atoms with Crippen LogP contribution >= 0.6 is 0 Å². The zero-order valence-electron chi connectivity index (χ0n) is 11.6. The van der Waals surface area contributed by atoms with Gasteiger partial charge in [-0.1, -0.05) is 0 Å². The Morgan fingerprint density at radius 3 is 2.36 bits per heavy atom. The van der Waals surface area contributed by atoms with Crippen molar-refractivity contribution in [3.8, 4) is 0 Å². The Kier molecular flexibility index (Phi) is 4.70. The summed E-state index contributed by atoms with van der Waals surface area (Å²) in [6, 6.07) is 1.25. The molecule has 8 heteroatoms. The quantitative estimate of drug-likeness (QED) is 0.817. The van der Waals surface area contributed by atoms with Crippen molar-refractivity contribution < 1.29 is 27.5 Å². The molecule has 0 unspecified atom stereocenters. The summed E-state index contributed by atoms with van der Waals surface area (Å²) in [6.45, 7) is 0.392. The first-order chi connectivity index (χ1) is 10.4. The average molecular weight is 316 g/mol. The van der Waals surface area contributed by atoms with E-state index in [1.807, 2.05) is 0 Å². The first-order valence-corrected chi connectivity index (χ1v) is 6.67. The molecule has 1 aromatic rings. The van der Waals surface area contributed by atoms with Gasteiger partial charge in [0, 0.05) is 19.8 Å². The minimum absolute atomic E-state index is 0.195. The molecule has 3 N–H and O–H groups in total. The van der Waals surface area contributed by atoms with Crippen LogP contribution in [0.15, 0.2) is 12.1 Å². The highest BCUT2D eigenvalue weighted by atomic mass is 19.2. The fourth-order valence-corrected chi connectivity index (χ4v) is 2.35. The van der Waals surface area contributed by atoms with E-state index in [1.54, 1.807) is 0 Å². The second-order valence-electron chi connectivity index (χ2n) is 5.16. The van der Waals surface area contributed by atoms with Gasteiger partial charge in [0.05, 0.1) is 5.41 Å². The van der Waals surface area contributed by atoms with E-state index in [9.17, 15) is 22.8 Å². The van der Waals surface area contributed by atoms with E-state index in [2.05, 4.69) is 5.32 Å². The first kappa shape index (κ1) is 16.3. The number of hydrogen-bond acceptors (Lipinski definition) is 3. The number of ether oxygens (including phenoxy) is 1. The predicted molar refractivity (Wildman–Crippen MR) is 70.3 cm³/mol. The van der Waals surface area contributed by atoms with E-state index in [1.165, 1.54) is 0 Å². The minimum atomic E-state index is -1.57. The number of rotatable bonds is 4. The molecule has 1 fully saturated rings. The van der Waals surface area contributed by atoms with Gasteiger partial charge in [0.1, 0.15) is 11.4 Å². The molecule has 5 nitrogen and oxygen atoms in total. The van der Waals surface area contributed by atoms with E-state index in [0.717, 1.165) is 0 Å². The van der Waals surface area contributed by atoms with Crippen LogP contribution in [0.4, 0.5) is 13.2 Å². The number of benzene rings is 1. The monoisotopic (exact) mass is 316 g/mol. The van der Waals surface area contributed by atoms with Gasteiger partial charge in [-0.3, -0.25) is 9.59 Å². The summed E-state index contributed by atoms with van der Waals surface area (Å²) >= 11 is 0. The number of primary amides is 1. The number of carbonyl (C=O) groups is 2. The Bertz CT molecular complexity index is 601. The van der Waals surface area contributed by atoms with Gasteiger partial charge in [0.2, 0.25) is 5.91 Å². The van der Waals surface area contributed by atoms with E-state index < -0.39 is 40.2 Å². The summed E-state index contributed by atoms with van der Waals surface area (Å²) in [5.74, 6) is -5.85. The van der Waals surface area contributed by atoms with E-state index in [0.29, 0.717) is 25.3 Å². The molecule has 0 aromatic heterocycles. The van der Waals surface area contributed by atoms with Crippen LogP contribution in [0.25, 0.3) is 0 Å². The third kappa shape index (κ3) is 3.06. The van der Waals surface area contributed by atoms with Crippen LogP contribution in [-0.2, 0) is 9.53 Å². The molecular formula is C14H15F3N2O3. The Morgan fingerprint density at radius 1 is 1.18 bits per heavy atom. The van der Waals surface area contributed by atoms with Crippen LogP contribution in [0.1, 0.15) is 23.2 Å². The molecule has 1 saturated heterocycles. The lowest BCUT2D eigenvalue weighted by atomic mass is 9.79. The highest BCUT2D eigenvalue weighted by Crippen LogP contribution is 2.29. The van der Waals surface area contributed by atoms with Gasteiger partial charge in [-0.05, 0) is 25.0 Å². The zero-order valence-corrected chi connectivity index (χ0v) is 11.6. The van der Waals surface area contributed by atoms with Gasteiger partial charge >= 0.3 is 0 Å². The number of carbonyl (C=O) groups excluding carboxylic acids is 2. The van der Waals surface area contributed by atoms with Crippen molar-refractivity contribution in [1.29, 1.82) is 0 Å². The van der Waals surface area contributed by atoms with Crippen LogP contribution in [0.3, 0.4) is 0 Å². The topological polar surface area (TPSA) is 81.4 Å². The Labute approximate surface area is 124 Å². The summed E-state index contributed by atoms with van der Waals surface area (Å²) in [4.78, 5) is 23.5. The van der Waals surface area contributed by atoms with Crippen molar-refractivity contribution in [2.24, 2.45) is 11.1 Å². The summed E-state index contributed by atoms with van der Waals surface area (Å²) in [7, 11) is 0. The standard InChI is InChI=1S/C14H15F3N2O3/c15-8-1-2-9(16)11(17)10(8)12(20)19-7-14(13(18)21)3-5-22-6-4-14/h1-2H,3-7H2,(H2,18,21)(H,19,20). The van der Waals surface area contributed by atoms with Gasteiger partial charge in [0.15, 0.2) is 11.6 Å². The molecule has 0 spiro atoms. The van der Waals surface area contributed by atoms with E-state index >= 15 is 0 Å². The lowest BCUT2D eigenvalue weighted by Gasteiger charge is -2.34. The summed E-state index contributed by atoms with van der Waals surface area (Å²) < 4.78 is 45.3. The van der Waals surface area contributed by atoms with Crippen molar-refractivity contribution in [2.45, 2.75) is 12.8 Å². The van der Waals surface area contributed by atoms with Gasteiger partial charge in [0.25, 0.3) is 5.91 Å². The molecule has 1 aliphatic heterocycles. The normalized spacial score (nSPS) is 17.0. The van der Waals surface area contributed by atoms with Crippen LogP contribution in [0.5, 0.6) is 0 Å². The SMILES string of the molecule is NC(=O)C1(CNC(=O)c2c(F)ccc(F)c2F)CCOCC1. The highest BCUT2D eigenvalue weighted by Gasteiger charge is 2.39. The molecule has 1 aromatic carbocycles. The molecule has 0 bridgehead atoms. The van der Waals surface area contributed by atoms with Crippen LogP contribution in [0, 0.1) is 22.9 Å². The number of amides is 2. The summed E-state index contributed by atoms with van der Waals surface area (Å²) in [5, 5.41) is 2.26. The second kappa shape index (κ2) is 6.35. The molecule has 0 radical (unpaired) electrons. The van der Waals surface area contributed by atoms with Crippen molar-refractivity contribution in [3.63, 3.8) is 0 Å². The third-order valence-corrected chi connectivity index (χ3v) is 3.83. The van der Waals surface area contributed by atoms with Gasteiger partial charge in [-0.15, -0.1) is 0 Å². The van der Waals surface area contributed by atoms with Gasteiger partial charge in [-0.2, -0.15) is 0 Å². The lowest BCUT2D eigenvalue weighted by Crippen LogP contribution is -2.49. The van der Waals surface area contributed by atoms with Crippen molar-refractivity contribution >= 4 is 11.8 Å². The molecule has 22 heavy (non-hydrogen) atoms. The molecule has 0 atom stereocenters. The highest BCUT2D eigenvalue weighted by molar-refractivity contribution is 5.95. The summed E-state index contributed by atoms with van der Waals surface area (Å²) in [6.07, 6.45) is 0.577. The van der Waals surface area contributed by atoms with Crippen LogP contribution in [0.2, 0.25) is 0 Å². The Morgan fingerprint density at radius 2 is 1.77 bits per heavy atom. The molecule has 2 rings (SSSR count). The minimum Gasteiger partial charge on any atom is -0.381 e. The Hall–Kier alpha value is -2.09. The molecule has 0 saturated carbocycles. The van der Waals surface area contributed by atoms with Crippen LogP contribution in [-0.4, -0.2) is 31.6 Å². The van der Waals surface area contributed by atoms with Crippen molar-refractivity contribution in [1.82, 2.24) is 5.32 Å². The molecule has 1 heterocycles. The molecule has 0 aliphatic carbocycles. The average Bonchev–Trinajstić information content (AvgIpc) is 2.50. The molecule has 1 aliphatic rings. The molecular weight excluding hydrogens is 301 g/mol. The van der Waals surface area contributed by atoms with Crippen molar-refractivity contribution in [2.75, 3.05) is 19.8 Å². The maximum absolute atomic E-state index is 13.5.